The van der Waals surface area contributed by atoms with E-state index in [1.54, 1.807) is 6.92 Å². The Kier molecular flexibility index (Phi) is 5.95. The topological polar surface area (TPSA) is 47.6 Å². The molecule has 0 spiro atoms. The van der Waals surface area contributed by atoms with Crippen molar-refractivity contribution >= 4 is 5.97 Å². The van der Waals surface area contributed by atoms with Crippen molar-refractivity contribution in [3.05, 3.63) is 0 Å². The Hall–Kier alpha value is -0.750. The van der Waals surface area contributed by atoms with Crippen LogP contribution < -0.4 is 5.32 Å². The maximum absolute atomic E-state index is 12.1. The van der Waals surface area contributed by atoms with Gasteiger partial charge >= 0.3 is 5.97 Å². The summed E-state index contributed by atoms with van der Waals surface area (Å²) in [6, 6.07) is 0. The Labute approximate surface area is 106 Å². The number of carbonyl (C=O) groups excluding carboxylic acids is 1. The Morgan fingerprint density at radius 2 is 2.11 bits per heavy atom. The van der Waals surface area contributed by atoms with Gasteiger partial charge in [-0.15, -0.1) is 0 Å². The lowest BCUT2D eigenvalue weighted by Crippen LogP contribution is -2.58. The number of nitrogens with one attached hydrogen (secondary N) is 1. The number of carbonyl (C=O) groups is 1. The van der Waals surface area contributed by atoms with Gasteiger partial charge < -0.3 is 9.47 Å². The highest BCUT2D eigenvalue weighted by Gasteiger charge is 2.52. The fraction of sp³-hybridized carbons (Fsp3) is 0.917. The largest absolute Gasteiger partial charge is 0.465 e. The zero-order valence-electron chi connectivity index (χ0n) is 10.9. The van der Waals surface area contributed by atoms with E-state index in [1.807, 2.05) is 6.92 Å². The van der Waals surface area contributed by atoms with Gasteiger partial charge in [0.25, 0.3) is 6.43 Å². The number of hydrogen-bond donors (Lipinski definition) is 1. The van der Waals surface area contributed by atoms with Crippen molar-refractivity contribution in [2.24, 2.45) is 5.92 Å². The third kappa shape index (κ3) is 3.88. The van der Waals surface area contributed by atoms with Crippen molar-refractivity contribution in [2.45, 2.75) is 38.7 Å². The van der Waals surface area contributed by atoms with Crippen molar-refractivity contribution in [2.75, 3.05) is 26.4 Å². The summed E-state index contributed by atoms with van der Waals surface area (Å²) < 4.78 is 34.2. The first-order valence-corrected chi connectivity index (χ1v) is 6.35. The van der Waals surface area contributed by atoms with E-state index in [0.717, 1.165) is 12.8 Å². The van der Waals surface area contributed by atoms with Crippen LogP contribution in [0.15, 0.2) is 0 Å². The van der Waals surface area contributed by atoms with Crippen LogP contribution in [0.4, 0.5) is 8.78 Å². The molecule has 1 unspecified atom stereocenters. The standard InChI is InChI=1S/C12H21F2NO3/c1-3-15-12(9-5-6-9,11(16)18-4-2)8-17-7-10(13)14/h9-10,15H,3-8H2,1-2H3. The average molecular weight is 265 g/mol. The van der Waals surface area contributed by atoms with Crippen LogP contribution in [0.5, 0.6) is 0 Å². The molecular weight excluding hydrogens is 244 g/mol. The summed E-state index contributed by atoms with van der Waals surface area (Å²) in [6.07, 6.45) is -0.737. The van der Waals surface area contributed by atoms with Gasteiger partial charge in [0.15, 0.2) is 0 Å². The minimum atomic E-state index is -2.52. The first-order chi connectivity index (χ1) is 8.56. The molecule has 106 valence electrons. The molecule has 0 aromatic heterocycles. The lowest BCUT2D eigenvalue weighted by molar-refractivity contribution is -0.156. The van der Waals surface area contributed by atoms with E-state index in [2.05, 4.69) is 5.32 Å². The average Bonchev–Trinajstić information content (AvgIpc) is 3.11. The van der Waals surface area contributed by atoms with Gasteiger partial charge in [0, 0.05) is 0 Å². The number of ether oxygens (including phenoxy) is 2. The molecular formula is C12H21F2NO3. The van der Waals surface area contributed by atoms with Gasteiger partial charge in [0.1, 0.15) is 12.1 Å². The Morgan fingerprint density at radius 1 is 1.44 bits per heavy atom. The van der Waals surface area contributed by atoms with Crippen LogP contribution in [0.3, 0.4) is 0 Å². The normalized spacial score (nSPS) is 18.7. The summed E-state index contributed by atoms with van der Waals surface area (Å²) in [5, 5.41) is 3.07. The molecule has 0 radical (unpaired) electrons. The number of rotatable bonds is 9. The van der Waals surface area contributed by atoms with Crippen LogP contribution in [-0.4, -0.2) is 44.3 Å². The predicted molar refractivity (Wildman–Crippen MR) is 62.6 cm³/mol. The monoisotopic (exact) mass is 265 g/mol. The molecule has 0 aromatic carbocycles. The molecule has 4 nitrogen and oxygen atoms in total. The molecule has 18 heavy (non-hydrogen) atoms. The highest BCUT2D eigenvalue weighted by Crippen LogP contribution is 2.40. The summed E-state index contributed by atoms with van der Waals surface area (Å²) in [5.41, 5.74) is -0.959. The smallest absolute Gasteiger partial charge is 0.329 e. The number of likely N-dealkylation sites (N-methyl/N-ethyl adjacent to an activating group) is 1. The molecule has 6 heteroatoms. The van der Waals surface area contributed by atoms with E-state index in [-0.39, 0.29) is 19.1 Å². The predicted octanol–water partition coefficient (Wildman–Crippen LogP) is 1.59. The zero-order chi connectivity index (χ0) is 13.6. The van der Waals surface area contributed by atoms with Crippen LogP contribution in [0.25, 0.3) is 0 Å². The molecule has 0 bridgehead atoms. The summed E-state index contributed by atoms with van der Waals surface area (Å²) in [4.78, 5) is 12.1. The number of esters is 1. The molecule has 1 N–H and O–H groups in total. The molecule has 1 aliphatic rings. The molecule has 1 aliphatic carbocycles. The van der Waals surface area contributed by atoms with Crippen molar-refractivity contribution < 1.29 is 23.0 Å². The maximum Gasteiger partial charge on any atom is 0.329 e. The van der Waals surface area contributed by atoms with Crippen LogP contribution >= 0.6 is 0 Å². The van der Waals surface area contributed by atoms with Gasteiger partial charge in [-0.25, -0.2) is 13.6 Å². The minimum Gasteiger partial charge on any atom is -0.465 e. The molecule has 0 amide bonds. The van der Waals surface area contributed by atoms with Gasteiger partial charge in [0.05, 0.1) is 13.2 Å². The highest BCUT2D eigenvalue weighted by molar-refractivity contribution is 5.82. The van der Waals surface area contributed by atoms with Crippen LogP contribution in [0.2, 0.25) is 0 Å². The SMILES string of the molecule is CCNC(COCC(F)F)(C(=O)OCC)C1CC1. The molecule has 0 aliphatic heterocycles. The number of hydrogen-bond acceptors (Lipinski definition) is 4. The Morgan fingerprint density at radius 3 is 2.56 bits per heavy atom. The van der Waals surface area contributed by atoms with Gasteiger partial charge in [-0.3, -0.25) is 5.32 Å². The summed E-state index contributed by atoms with van der Waals surface area (Å²) in [6.45, 7) is 3.71. The van der Waals surface area contributed by atoms with Gasteiger partial charge in [-0.1, -0.05) is 6.92 Å². The van der Waals surface area contributed by atoms with Crippen molar-refractivity contribution in [3.8, 4) is 0 Å². The van der Waals surface area contributed by atoms with E-state index in [4.69, 9.17) is 9.47 Å². The Balaban J connectivity index is 2.67. The molecule has 0 saturated heterocycles. The zero-order valence-corrected chi connectivity index (χ0v) is 10.9. The fourth-order valence-corrected chi connectivity index (χ4v) is 2.07. The van der Waals surface area contributed by atoms with E-state index in [1.165, 1.54) is 0 Å². The number of halogens is 2. The Bertz CT molecular complexity index is 272. The molecule has 1 fully saturated rings. The second kappa shape index (κ2) is 6.99. The second-order valence-electron chi connectivity index (χ2n) is 4.40. The minimum absolute atomic E-state index is 0.0608. The first kappa shape index (κ1) is 15.3. The van der Waals surface area contributed by atoms with Crippen molar-refractivity contribution in [1.82, 2.24) is 5.32 Å². The molecule has 1 atom stereocenters. The third-order valence-corrected chi connectivity index (χ3v) is 2.98. The fourth-order valence-electron chi connectivity index (χ4n) is 2.07. The third-order valence-electron chi connectivity index (χ3n) is 2.98. The van der Waals surface area contributed by atoms with Gasteiger partial charge in [-0.05, 0) is 32.2 Å². The van der Waals surface area contributed by atoms with Crippen molar-refractivity contribution in [1.29, 1.82) is 0 Å². The highest BCUT2D eigenvalue weighted by atomic mass is 19.3. The molecule has 0 heterocycles. The second-order valence-corrected chi connectivity index (χ2v) is 4.40. The molecule has 1 rings (SSSR count). The van der Waals surface area contributed by atoms with Gasteiger partial charge in [0.2, 0.25) is 0 Å². The summed E-state index contributed by atoms with van der Waals surface area (Å²) in [5.74, 6) is -0.280. The van der Waals surface area contributed by atoms with E-state index < -0.39 is 24.5 Å². The van der Waals surface area contributed by atoms with Crippen molar-refractivity contribution in [3.63, 3.8) is 0 Å². The van der Waals surface area contributed by atoms with Crippen LogP contribution in [-0.2, 0) is 14.3 Å². The quantitative estimate of drug-likeness (QED) is 0.643. The van der Waals surface area contributed by atoms with E-state index in [0.29, 0.717) is 6.54 Å². The molecule has 1 saturated carbocycles. The van der Waals surface area contributed by atoms with Gasteiger partial charge in [-0.2, -0.15) is 0 Å². The number of alkyl halides is 2. The van der Waals surface area contributed by atoms with E-state index in [9.17, 15) is 13.6 Å². The molecule has 0 aromatic rings. The van der Waals surface area contributed by atoms with Crippen LogP contribution in [0, 0.1) is 5.92 Å². The first-order valence-electron chi connectivity index (χ1n) is 6.35. The van der Waals surface area contributed by atoms with E-state index >= 15 is 0 Å². The van der Waals surface area contributed by atoms with Crippen LogP contribution in [0.1, 0.15) is 26.7 Å². The lowest BCUT2D eigenvalue weighted by Gasteiger charge is -2.32. The summed E-state index contributed by atoms with van der Waals surface area (Å²) >= 11 is 0. The lowest BCUT2D eigenvalue weighted by atomic mass is 9.94. The summed E-state index contributed by atoms with van der Waals surface area (Å²) in [7, 11) is 0. The maximum atomic E-state index is 12.1.